The van der Waals surface area contributed by atoms with E-state index in [0.29, 0.717) is 24.5 Å². The molecule has 28 heavy (non-hydrogen) atoms. The SMILES string of the molecule is CCC(=O)c1cc(C)c(-c2cc3cnc(NC(=O)[C@@H]4CCO4)cc3cn2)cn1. The van der Waals surface area contributed by atoms with E-state index >= 15 is 0 Å². The fourth-order valence-electron chi connectivity index (χ4n) is 3.06. The van der Waals surface area contributed by atoms with Crippen LogP contribution in [-0.2, 0) is 9.53 Å². The molecular formula is C21H20N4O3. The van der Waals surface area contributed by atoms with Gasteiger partial charge < -0.3 is 10.1 Å². The van der Waals surface area contributed by atoms with Crippen molar-refractivity contribution in [1.82, 2.24) is 15.0 Å². The summed E-state index contributed by atoms with van der Waals surface area (Å²) in [5, 5.41) is 4.54. The fraction of sp³-hybridized carbons (Fsp3) is 0.286. The number of pyridine rings is 3. The number of aromatic nitrogens is 3. The molecule has 1 fully saturated rings. The molecular weight excluding hydrogens is 356 g/mol. The Morgan fingerprint density at radius 2 is 1.86 bits per heavy atom. The first kappa shape index (κ1) is 18.2. The van der Waals surface area contributed by atoms with Gasteiger partial charge >= 0.3 is 0 Å². The van der Waals surface area contributed by atoms with Gasteiger partial charge in [0.05, 0.1) is 12.3 Å². The Balaban J connectivity index is 1.60. The van der Waals surface area contributed by atoms with Crippen LogP contribution in [0.5, 0.6) is 0 Å². The predicted octanol–water partition coefficient (Wildman–Crippen LogP) is 3.32. The molecule has 1 N–H and O–H groups in total. The van der Waals surface area contributed by atoms with Crippen LogP contribution in [0.15, 0.2) is 36.8 Å². The summed E-state index contributed by atoms with van der Waals surface area (Å²) in [6, 6.07) is 5.51. The number of amides is 1. The molecule has 4 heterocycles. The van der Waals surface area contributed by atoms with Crippen molar-refractivity contribution in [3.63, 3.8) is 0 Å². The van der Waals surface area contributed by atoms with Gasteiger partial charge in [-0.25, -0.2) is 4.98 Å². The molecule has 1 saturated heterocycles. The molecule has 1 amide bonds. The first-order chi connectivity index (χ1) is 13.5. The Labute approximate surface area is 162 Å². The van der Waals surface area contributed by atoms with E-state index in [4.69, 9.17) is 4.74 Å². The molecule has 0 saturated carbocycles. The number of aryl methyl sites for hydroxylation is 1. The van der Waals surface area contributed by atoms with Crippen molar-refractivity contribution < 1.29 is 14.3 Å². The highest BCUT2D eigenvalue weighted by Crippen LogP contribution is 2.26. The van der Waals surface area contributed by atoms with Crippen LogP contribution in [0.3, 0.4) is 0 Å². The lowest BCUT2D eigenvalue weighted by molar-refractivity contribution is -0.139. The van der Waals surface area contributed by atoms with E-state index in [-0.39, 0.29) is 17.8 Å². The number of rotatable bonds is 5. The normalized spacial score (nSPS) is 15.9. The summed E-state index contributed by atoms with van der Waals surface area (Å²) in [6.45, 7) is 4.38. The number of nitrogens with zero attached hydrogens (tertiary/aromatic N) is 3. The van der Waals surface area contributed by atoms with Crippen molar-refractivity contribution in [2.24, 2.45) is 0 Å². The number of ketones is 1. The Morgan fingerprint density at radius 3 is 2.54 bits per heavy atom. The van der Waals surface area contributed by atoms with E-state index in [1.165, 1.54) is 0 Å². The lowest BCUT2D eigenvalue weighted by Crippen LogP contribution is -2.39. The van der Waals surface area contributed by atoms with Crippen LogP contribution >= 0.6 is 0 Å². The number of ether oxygens (including phenoxy) is 1. The molecule has 3 aromatic heterocycles. The van der Waals surface area contributed by atoms with Crippen molar-refractivity contribution in [1.29, 1.82) is 0 Å². The third kappa shape index (κ3) is 3.48. The molecule has 0 aromatic carbocycles. The zero-order valence-corrected chi connectivity index (χ0v) is 15.7. The minimum atomic E-state index is -0.379. The second-order valence-corrected chi connectivity index (χ2v) is 6.78. The molecule has 1 aliphatic heterocycles. The first-order valence-electron chi connectivity index (χ1n) is 9.23. The van der Waals surface area contributed by atoms with E-state index < -0.39 is 0 Å². The van der Waals surface area contributed by atoms with Gasteiger partial charge in [0.25, 0.3) is 5.91 Å². The molecule has 4 rings (SSSR count). The van der Waals surface area contributed by atoms with E-state index in [0.717, 1.165) is 34.0 Å². The minimum Gasteiger partial charge on any atom is -0.368 e. The molecule has 0 radical (unpaired) electrons. The smallest absolute Gasteiger partial charge is 0.254 e. The summed E-state index contributed by atoms with van der Waals surface area (Å²) < 4.78 is 5.18. The maximum atomic E-state index is 12.0. The van der Waals surface area contributed by atoms with Crippen LogP contribution in [0, 0.1) is 6.92 Å². The predicted molar refractivity (Wildman–Crippen MR) is 105 cm³/mol. The zero-order valence-electron chi connectivity index (χ0n) is 15.7. The Kier molecular flexibility index (Phi) is 4.83. The molecule has 1 aliphatic rings. The van der Waals surface area contributed by atoms with Gasteiger partial charge in [-0.15, -0.1) is 0 Å². The lowest BCUT2D eigenvalue weighted by Gasteiger charge is -2.24. The van der Waals surface area contributed by atoms with Gasteiger partial charge in [-0.1, -0.05) is 6.92 Å². The summed E-state index contributed by atoms with van der Waals surface area (Å²) in [7, 11) is 0. The minimum absolute atomic E-state index is 0.0206. The van der Waals surface area contributed by atoms with Crippen LogP contribution in [0.4, 0.5) is 5.82 Å². The summed E-state index contributed by atoms with van der Waals surface area (Å²) in [5.74, 6) is 0.320. The standard InChI is InChI=1S/C21H20N4O3/c1-3-18(26)17-6-12(2)15(11-23-17)16-7-13-10-24-20(8-14(13)9-22-16)25-21(27)19-4-5-28-19/h6-11,19H,3-5H2,1-2H3,(H,24,25,27)/t19-/m0/s1. The van der Waals surface area contributed by atoms with Gasteiger partial charge in [0.1, 0.15) is 17.6 Å². The molecule has 0 aliphatic carbocycles. The maximum absolute atomic E-state index is 12.0. The first-order valence-corrected chi connectivity index (χ1v) is 9.23. The largest absolute Gasteiger partial charge is 0.368 e. The second kappa shape index (κ2) is 7.44. The maximum Gasteiger partial charge on any atom is 0.254 e. The molecule has 7 heteroatoms. The number of hydrogen-bond acceptors (Lipinski definition) is 6. The van der Waals surface area contributed by atoms with Gasteiger partial charge in [-0.3, -0.25) is 19.6 Å². The van der Waals surface area contributed by atoms with Gasteiger partial charge in [0, 0.05) is 47.8 Å². The monoisotopic (exact) mass is 376 g/mol. The summed E-state index contributed by atoms with van der Waals surface area (Å²) >= 11 is 0. The summed E-state index contributed by atoms with van der Waals surface area (Å²) in [4.78, 5) is 36.9. The molecule has 3 aromatic rings. The Hall–Kier alpha value is -3.19. The van der Waals surface area contributed by atoms with E-state index in [9.17, 15) is 9.59 Å². The van der Waals surface area contributed by atoms with Crippen molar-refractivity contribution in [2.75, 3.05) is 11.9 Å². The number of nitrogens with one attached hydrogen (secondary N) is 1. The topological polar surface area (TPSA) is 94.1 Å². The fourth-order valence-corrected chi connectivity index (χ4v) is 3.06. The average Bonchev–Trinajstić information content (AvgIpc) is 2.65. The van der Waals surface area contributed by atoms with E-state index in [2.05, 4.69) is 20.3 Å². The molecule has 1 atom stereocenters. The summed E-state index contributed by atoms with van der Waals surface area (Å²) in [5.41, 5.74) is 3.04. The van der Waals surface area contributed by atoms with Crippen LogP contribution in [0.2, 0.25) is 0 Å². The second-order valence-electron chi connectivity index (χ2n) is 6.78. The number of anilines is 1. The number of fused-ring (bicyclic) bond motifs is 1. The highest BCUT2D eigenvalue weighted by atomic mass is 16.5. The van der Waals surface area contributed by atoms with Crippen LogP contribution < -0.4 is 5.32 Å². The molecule has 142 valence electrons. The van der Waals surface area contributed by atoms with Gasteiger partial charge in [-0.2, -0.15) is 0 Å². The number of carbonyl (C=O) groups excluding carboxylic acids is 2. The number of carbonyl (C=O) groups is 2. The molecule has 0 spiro atoms. The Morgan fingerprint density at radius 1 is 1.11 bits per heavy atom. The number of hydrogen-bond donors (Lipinski definition) is 1. The van der Waals surface area contributed by atoms with Crippen molar-refractivity contribution in [2.45, 2.75) is 32.8 Å². The highest BCUT2D eigenvalue weighted by molar-refractivity contribution is 5.96. The van der Waals surface area contributed by atoms with Crippen LogP contribution in [-0.4, -0.2) is 39.4 Å². The van der Waals surface area contributed by atoms with Gasteiger partial charge in [0.15, 0.2) is 5.78 Å². The summed E-state index contributed by atoms with van der Waals surface area (Å²) in [6.07, 6.45) is 5.92. The molecule has 0 bridgehead atoms. The van der Waals surface area contributed by atoms with Gasteiger partial charge in [0.2, 0.25) is 0 Å². The Bertz CT molecular complexity index is 1080. The molecule has 0 unspecified atom stereocenters. The van der Waals surface area contributed by atoms with E-state index in [1.54, 1.807) is 30.7 Å². The lowest BCUT2D eigenvalue weighted by atomic mass is 10.0. The average molecular weight is 376 g/mol. The number of Topliss-reactive ketones (excluding diaryl/α,β-unsaturated/α-hetero) is 1. The van der Waals surface area contributed by atoms with Crippen molar-refractivity contribution >= 4 is 28.3 Å². The van der Waals surface area contributed by atoms with Crippen molar-refractivity contribution in [3.8, 4) is 11.3 Å². The van der Waals surface area contributed by atoms with Gasteiger partial charge in [-0.05, 0) is 30.7 Å². The van der Waals surface area contributed by atoms with E-state index in [1.807, 2.05) is 19.9 Å². The molecule has 7 nitrogen and oxygen atoms in total. The van der Waals surface area contributed by atoms with Crippen LogP contribution in [0.1, 0.15) is 35.8 Å². The zero-order chi connectivity index (χ0) is 19.7. The van der Waals surface area contributed by atoms with Crippen LogP contribution in [0.25, 0.3) is 22.0 Å². The quantitative estimate of drug-likeness (QED) is 0.687. The van der Waals surface area contributed by atoms with Crippen molar-refractivity contribution in [3.05, 3.63) is 48.0 Å². The highest BCUT2D eigenvalue weighted by Gasteiger charge is 2.26. The third-order valence-corrected chi connectivity index (χ3v) is 4.84. The third-order valence-electron chi connectivity index (χ3n) is 4.84.